The number of methoxy groups -OCH3 is 1. The fraction of sp³-hybridized carbons (Fsp3) is 0.429. The Labute approximate surface area is 191 Å². The van der Waals surface area contributed by atoms with Crippen LogP contribution in [-0.4, -0.2) is 39.7 Å². The number of carbonyl (C=O) groups is 2. The van der Waals surface area contributed by atoms with Gasteiger partial charge in [0.1, 0.15) is 11.0 Å². The van der Waals surface area contributed by atoms with E-state index in [-0.39, 0.29) is 0 Å². The van der Waals surface area contributed by atoms with Gasteiger partial charge in [0, 0.05) is 9.90 Å². The van der Waals surface area contributed by atoms with Gasteiger partial charge in [-0.05, 0) is 62.8 Å². The lowest BCUT2D eigenvalue weighted by molar-refractivity contribution is -0.116. The van der Waals surface area contributed by atoms with Crippen molar-refractivity contribution in [3.05, 3.63) is 44.8 Å². The van der Waals surface area contributed by atoms with E-state index in [2.05, 4.69) is 5.32 Å². The number of fused-ring (bicyclic) bond motifs is 1. The van der Waals surface area contributed by atoms with Crippen LogP contribution in [0.2, 0.25) is 5.02 Å². The van der Waals surface area contributed by atoms with Gasteiger partial charge in [0.05, 0.1) is 24.6 Å². The Morgan fingerprint density at radius 1 is 1.26 bits per heavy atom. The number of halogens is 1. The Morgan fingerprint density at radius 2 is 1.94 bits per heavy atom. The number of thiophene rings is 1. The maximum Gasteiger partial charge on any atom is 0.341 e. The molecule has 10 heteroatoms. The van der Waals surface area contributed by atoms with Crippen LogP contribution in [0.15, 0.2) is 18.2 Å². The summed E-state index contributed by atoms with van der Waals surface area (Å²) < 4.78 is 31.2. The van der Waals surface area contributed by atoms with Crippen molar-refractivity contribution in [2.24, 2.45) is 0 Å². The monoisotopic (exact) mass is 484 g/mol. The summed E-state index contributed by atoms with van der Waals surface area (Å²) in [6.45, 7) is 3.25. The van der Waals surface area contributed by atoms with Crippen LogP contribution in [-0.2, 0) is 32.4 Å². The van der Waals surface area contributed by atoms with E-state index in [0.717, 1.165) is 46.7 Å². The number of sulfonamides is 1. The Balaban J connectivity index is 1.98. The standard InChI is InChI=1S/C21H25ClN2O5S2/c1-12-9-10-14(22)11-16(12)24(31(4,27)28)13(2)19(25)23-20-18(21(26)29-3)15-7-5-6-8-17(15)30-20/h9-11,13H,5-8H2,1-4H3,(H,23,25)/t13-/m0/s1. The molecule has 0 spiro atoms. The van der Waals surface area contributed by atoms with Gasteiger partial charge in [-0.3, -0.25) is 9.10 Å². The minimum absolute atomic E-state index is 0.330. The third-order valence-electron chi connectivity index (χ3n) is 5.29. The maximum absolute atomic E-state index is 13.2. The first-order valence-electron chi connectivity index (χ1n) is 9.83. The van der Waals surface area contributed by atoms with Crippen LogP contribution in [0, 0.1) is 6.92 Å². The molecule has 0 fully saturated rings. The van der Waals surface area contributed by atoms with Crippen LogP contribution in [0.5, 0.6) is 0 Å². The fourth-order valence-corrected chi connectivity index (χ4v) is 6.46. The number of amides is 1. The Kier molecular flexibility index (Phi) is 6.98. The number of hydrogen-bond acceptors (Lipinski definition) is 6. The summed E-state index contributed by atoms with van der Waals surface area (Å²) in [5.41, 5.74) is 2.27. The van der Waals surface area contributed by atoms with Crippen molar-refractivity contribution in [1.82, 2.24) is 0 Å². The van der Waals surface area contributed by atoms with Gasteiger partial charge in [0.2, 0.25) is 15.9 Å². The van der Waals surface area contributed by atoms with E-state index in [9.17, 15) is 18.0 Å². The molecule has 0 saturated heterocycles. The molecule has 1 aromatic heterocycles. The summed E-state index contributed by atoms with van der Waals surface area (Å²) in [5, 5.41) is 3.54. The SMILES string of the molecule is COC(=O)c1c(NC(=O)[C@H](C)N(c2cc(Cl)ccc2C)S(C)(=O)=O)sc2c1CCCC2. The van der Waals surface area contributed by atoms with Crippen LogP contribution in [0.25, 0.3) is 0 Å². The molecule has 1 heterocycles. The average Bonchev–Trinajstić information content (AvgIpc) is 3.06. The van der Waals surface area contributed by atoms with Gasteiger partial charge in [0.25, 0.3) is 0 Å². The highest BCUT2D eigenvalue weighted by molar-refractivity contribution is 7.92. The number of nitrogens with one attached hydrogen (secondary N) is 1. The number of anilines is 2. The normalized spacial score (nSPS) is 14.5. The summed E-state index contributed by atoms with van der Waals surface area (Å²) in [5.74, 6) is -1.05. The summed E-state index contributed by atoms with van der Waals surface area (Å²) in [6.07, 6.45) is 4.62. The van der Waals surface area contributed by atoms with Crippen molar-refractivity contribution in [3.8, 4) is 0 Å². The van der Waals surface area contributed by atoms with Crippen molar-refractivity contribution >= 4 is 55.5 Å². The second-order valence-electron chi connectivity index (χ2n) is 7.56. The van der Waals surface area contributed by atoms with Crippen molar-refractivity contribution in [1.29, 1.82) is 0 Å². The smallest absolute Gasteiger partial charge is 0.341 e. The van der Waals surface area contributed by atoms with Crippen molar-refractivity contribution in [3.63, 3.8) is 0 Å². The second-order valence-corrected chi connectivity index (χ2v) is 11.0. The molecule has 7 nitrogen and oxygen atoms in total. The van der Waals surface area contributed by atoms with Gasteiger partial charge < -0.3 is 10.1 Å². The average molecular weight is 485 g/mol. The fourth-order valence-electron chi connectivity index (χ4n) is 3.79. The first-order chi connectivity index (χ1) is 14.5. The molecule has 2 aromatic rings. The predicted molar refractivity (Wildman–Crippen MR) is 124 cm³/mol. The quantitative estimate of drug-likeness (QED) is 0.621. The first-order valence-corrected chi connectivity index (χ1v) is 12.9. The zero-order chi connectivity index (χ0) is 22.9. The number of hydrogen-bond donors (Lipinski definition) is 1. The van der Waals surface area contributed by atoms with E-state index >= 15 is 0 Å². The molecule has 1 amide bonds. The number of benzene rings is 1. The van der Waals surface area contributed by atoms with E-state index in [4.69, 9.17) is 16.3 Å². The van der Waals surface area contributed by atoms with Crippen molar-refractivity contribution in [2.45, 2.75) is 45.6 Å². The molecule has 1 atom stereocenters. The van der Waals surface area contributed by atoms with Gasteiger partial charge in [-0.15, -0.1) is 11.3 Å². The van der Waals surface area contributed by atoms with E-state index in [1.807, 2.05) is 0 Å². The molecule has 0 saturated carbocycles. The molecule has 168 valence electrons. The number of rotatable bonds is 6. The molecule has 31 heavy (non-hydrogen) atoms. The Morgan fingerprint density at radius 3 is 2.58 bits per heavy atom. The third-order valence-corrected chi connectivity index (χ3v) is 7.96. The van der Waals surface area contributed by atoms with Gasteiger partial charge in [0.15, 0.2) is 0 Å². The molecule has 1 N–H and O–H groups in total. The number of ether oxygens (including phenoxy) is 1. The molecule has 1 aliphatic rings. The van der Waals surface area contributed by atoms with E-state index in [0.29, 0.717) is 26.8 Å². The second kappa shape index (κ2) is 9.18. The minimum atomic E-state index is -3.80. The summed E-state index contributed by atoms with van der Waals surface area (Å²) in [6, 6.07) is 3.80. The molecule has 3 rings (SSSR count). The highest BCUT2D eigenvalue weighted by atomic mass is 35.5. The molecular formula is C21H25ClN2O5S2. The van der Waals surface area contributed by atoms with Crippen LogP contribution >= 0.6 is 22.9 Å². The van der Waals surface area contributed by atoms with E-state index in [1.165, 1.54) is 31.4 Å². The summed E-state index contributed by atoms with van der Waals surface area (Å²) >= 11 is 7.43. The number of esters is 1. The first kappa shape index (κ1) is 23.6. The zero-order valence-corrected chi connectivity index (χ0v) is 20.2. The van der Waals surface area contributed by atoms with Gasteiger partial charge in [-0.2, -0.15) is 0 Å². The van der Waals surface area contributed by atoms with Crippen LogP contribution < -0.4 is 9.62 Å². The van der Waals surface area contributed by atoms with Crippen LogP contribution in [0.1, 0.15) is 46.1 Å². The van der Waals surface area contributed by atoms with Gasteiger partial charge in [-0.1, -0.05) is 17.7 Å². The lowest BCUT2D eigenvalue weighted by Crippen LogP contribution is -2.45. The highest BCUT2D eigenvalue weighted by Gasteiger charge is 2.33. The number of aryl methyl sites for hydroxylation is 2. The summed E-state index contributed by atoms with van der Waals surface area (Å²) in [7, 11) is -2.50. The maximum atomic E-state index is 13.2. The molecule has 1 aliphatic carbocycles. The minimum Gasteiger partial charge on any atom is -0.465 e. The Bertz CT molecular complexity index is 1130. The summed E-state index contributed by atoms with van der Waals surface area (Å²) in [4.78, 5) is 26.6. The molecule has 0 radical (unpaired) electrons. The topological polar surface area (TPSA) is 92.8 Å². The molecule has 0 bridgehead atoms. The third kappa shape index (κ3) is 4.88. The Hall–Kier alpha value is -2.10. The van der Waals surface area contributed by atoms with Crippen molar-refractivity contribution in [2.75, 3.05) is 23.0 Å². The number of nitrogens with zero attached hydrogens (tertiary/aromatic N) is 1. The molecular weight excluding hydrogens is 460 g/mol. The van der Waals surface area contributed by atoms with Gasteiger partial charge in [-0.25, -0.2) is 13.2 Å². The molecule has 1 aromatic carbocycles. The lowest BCUT2D eigenvalue weighted by atomic mass is 9.95. The van der Waals surface area contributed by atoms with Crippen LogP contribution in [0.3, 0.4) is 0 Å². The van der Waals surface area contributed by atoms with Crippen molar-refractivity contribution < 1.29 is 22.7 Å². The van der Waals surface area contributed by atoms with E-state index in [1.54, 1.807) is 19.1 Å². The zero-order valence-electron chi connectivity index (χ0n) is 17.8. The van der Waals surface area contributed by atoms with E-state index < -0.39 is 27.9 Å². The predicted octanol–water partition coefficient (Wildman–Crippen LogP) is 4.17. The largest absolute Gasteiger partial charge is 0.465 e. The number of carbonyl (C=O) groups excluding carboxylic acids is 2. The molecule has 0 aliphatic heterocycles. The van der Waals surface area contributed by atoms with Gasteiger partial charge >= 0.3 is 5.97 Å². The highest BCUT2D eigenvalue weighted by Crippen LogP contribution is 2.39. The lowest BCUT2D eigenvalue weighted by Gasteiger charge is -2.29. The molecule has 0 unspecified atom stereocenters. The van der Waals surface area contributed by atoms with Crippen LogP contribution in [0.4, 0.5) is 10.7 Å².